The summed E-state index contributed by atoms with van der Waals surface area (Å²) in [4.78, 5) is 25.6. The molecule has 1 aliphatic heterocycles. The van der Waals surface area contributed by atoms with Gasteiger partial charge in [0.25, 0.3) is 11.8 Å². The highest BCUT2D eigenvalue weighted by atomic mass is 16.7. The highest BCUT2D eigenvalue weighted by Gasteiger charge is 2.16. The van der Waals surface area contributed by atoms with E-state index < -0.39 is 0 Å². The number of nitrogens with one attached hydrogen (secondary N) is 1. The Morgan fingerprint density at radius 2 is 1.67 bits per heavy atom. The largest absolute Gasteiger partial charge is 0.454 e. The summed E-state index contributed by atoms with van der Waals surface area (Å²) in [6.07, 6.45) is 0. The number of nitrogens with zero attached hydrogens (tertiary/aromatic N) is 1. The van der Waals surface area contributed by atoms with Gasteiger partial charge in [-0.3, -0.25) is 9.59 Å². The monoisotopic (exact) mass is 326 g/mol. The first kappa shape index (κ1) is 15.9. The standard InChI is InChI=1S/C18H18N2O4/c1-20(2)18(22)13-5-3-12(4-6-13)10-19-17(21)14-7-8-15-16(9-14)24-11-23-15/h3-9H,10-11H2,1-2H3,(H,19,21). The van der Waals surface area contributed by atoms with Crippen LogP contribution in [-0.4, -0.2) is 37.6 Å². The van der Waals surface area contributed by atoms with Crippen molar-refractivity contribution in [3.05, 3.63) is 59.2 Å². The second-order valence-electron chi connectivity index (χ2n) is 5.65. The van der Waals surface area contributed by atoms with Gasteiger partial charge in [-0.05, 0) is 35.9 Å². The van der Waals surface area contributed by atoms with Gasteiger partial charge in [0.15, 0.2) is 11.5 Å². The second kappa shape index (κ2) is 6.62. The fourth-order valence-electron chi connectivity index (χ4n) is 2.35. The van der Waals surface area contributed by atoms with Crippen molar-refractivity contribution in [1.82, 2.24) is 10.2 Å². The van der Waals surface area contributed by atoms with Gasteiger partial charge in [-0.15, -0.1) is 0 Å². The molecule has 2 aromatic carbocycles. The Labute approximate surface area is 140 Å². The molecule has 24 heavy (non-hydrogen) atoms. The zero-order valence-corrected chi connectivity index (χ0v) is 13.5. The number of fused-ring (bicyclic) bond motifs is 1. The van der Waals surface area contributed by atoms with E-state index in [1.165, 1.54) is 4.90 Å². The van der Waals surface area contributed by atoms with Crippen molar-refractivity contribution in [3.8, 4) is 11.5 Å². The average Bonchev–Trinajstić information content (AvgIpc) is 3.07. The third kappa shape index (κ3) is 3.32. The minimum Gasteiger partial charge on any atom is -0.454 e. The fraction of sp³-hybridized carbons (Fsp3) is 0.222. The van der Waals surface area contributed by atoms with Gasteiger partial charge < -0.3 is 19.7 Å². The van der Waals surface area contributed by atoms with Crippen LogP contribution >= 0.6 is 0 Å². The first-order chi connectivity index (χ1) is 11.5. The third-order valence-electron chi connectivity index (χ3n) is 3.69. The predicted molar refractivity (Wildman–Crippen MR) is 88.2 cm³/mol. The zero-order chi connectivity index (χ0) is 17.1. The van der Waals surface area contributed by atoms with Crippen LogP contribution in [0.25, 0.3) is 0 Å². The number of rotatable bonds is 4. The molecule has 6 nitrogen and oxygen atoms in total. The van der Waals surface area contributed by atoms with E-state index in [4.69, 9.17) is 9.47 Å². The lowest BCUT2D eigenvalue weighted by molar-refractivity contribution is 0.0827. The Hall–Kier alpha value is -3.02. The molecule has 124 valence electrons. The minimum absolute atomic E-state index is 0.0501. The number of carbonyl (C=O) groups is 2. The van der Waals surface area contributed by atoms with E-state index in [0.717, 1.165) is 5.56 Å². The molecule has 2 amide bonds. The number of benzene rings is 2. The van der Waals surface area contributed by atoms with Gasteiger partial charge in [-0.2, -0.15) is 0 Å². The van der Waals surface area contributed by atoms with Crippen LogP contribution in [0.4, 0.5) is 0 Å². The molecule has 1 aliphatic rings. The van der Waals surface area contributed by atoms with Gasteiger partial charge >= 0.3 is 0 Å². The number of hydrogen-bond acceptors (Lipinski definition) is 4. The molecule has 1 heterocycles. The van der Waals surface area contributed by atoms with Crippen molar-refractivity contribution < 1.29 is 19.1 Å². The molecule has 1 N–H and O–H groups in total. The fourth-order valence-corrected chi connectivity index (χ4v) is 2.35. The molecule has 2 aromatic rings. The van der Waals surface area contributed by atoms with Crippen molar-refractivity contribution in [1.29, 1.82) is 0 Å². The van der Waals surface area contributed by atoms with Gasteiger partial charge in [0.05, 0.1) is 0 Å². The molecule has 0 fully saturated rings. The predicted octanol–water partition coefficient (Wildman–Crippen LogP) is 2.05. The molecule has 0 bridgehead atoms. The number of amides is 2. The lowest BCUT2D eigenvalue weighted by Crippen LogP contribution is -2.23. The van der Waals surface area contributed by atoms with Crippen LogP contribution in [0.1, 0.15) is 26.3 Å². The van der Waals surface area contributed by atoms with E-state index in [1.807, 2.05) is 12.1 Å². The molecule has 0 aromatic heterocycles. The van der Waals surface area contributed by atoms with Crippen LogP contribution in [0.3, 0.4) is 0 Å². The lowest BCUT2D eigenvalue weighted by Gasteiger charge is -2.11. The molecule has 0 unspecified atom stereocenters. The van der Waals surface area contributed by atoms with Gasteiger partial charge in [-0.25, -0.2) is 0 Å². The van der Waals surface area contributed by atoms with Gasteiger partial charge in [0.2, 0.25) is 6.79 Å². The second-order valence-corrected chi connectivity index (χ2v) is 5.65. The van der Waals surface area contributed by atoms with Gasteiger partial charge in [0.1, 0.15) is 0 Å². The maximum absolute atomic E-state index is 12.2. The van der Waals surface area contributed by atoms with E-state index in [9.17, 15) is 9.59 Å². The molecule has 0 spiro atoms. The summed E-state index contributed by atoms with van der Waals surface area (Å²) in [5, 5.41) is 2.85. The smallest absolute Gasteiger partial charge is 0.253 e. The Morgan fingerprint density at radius 3 is 2.38 bits per heavy atom. The van der Waals surface area contributed by atoms with Crippen molar-refractivity contribution in [2.24, 2.45) is 0 Å². The Bertz CT molecular complexity index is 769. The summed E-state index contributed by atoms with van der Waals surface area (Å²) >= 11 is 0. The summed E-state index contributed by atoms with van der Waals surface area (Å²) < 4.78 is 10.5. The summed E-state index contributed by atoms with van der Waals surface area (Å²) in [5.74, 6) is 0.981. The quantitative estimate of drug-likeness (QED) is 0.934. The Morgan fingerprint density at radius 1 is 1.00 bits per heavy atom. The molecule has 0 saturated heterocycles. The van der Waals surface area contributed by atoms with Crippen molar-refractivity contribution >= 4 is 11.8 Å². The molecule has 0 aliphatic carbocycles. The molecular weight excluding hydrogens is 308 g/mol. The van der Waals surface area contributed by atoms with E-state index in [2.05, 4.69) is 5.32 Å². The molecule has 0 radical (unpaired) electrons. The number of carbonyl (C=O) groups excluding carboxylic acids is 2. The van der Waals surface area contributed by atoms with Crippen molar-refractivity contribution in [3.63, 3.8) is 0 Å². The molecule has 0 saturated carbocycles. The molecule has 6 heteroatoms. The first-order valence-electron chi connectivity index (χ1n) is 7.53. The van der Waals surface area contributed by atoms with E-state index >= 15 is 0 Å². The van der Waals surface area contributed by atoms with Crippen LogP contribution < -0.4 is 14.8 Å². The average molecular weight is 326 g/mol. The van der Waals surface area contributed by atoms with Crippen LogP contribution in [0.15, 0.2) is 42.5 Å². The van der Waals surface area contributed by atoms with Gasteiger partial charge in [0, 0.05) is 31.8 Å². The maximum atomic E-state index is 12.2. The minimum atomic E-state index is -0.193. The first-order valence-corrected chi connectivity index (χ1v) is 7.53. The molecular formula is C18H18N2O4. The normalized spacial score (nSPS) is 11.9. The van der Waals surface area contributed by atoms with Crippen molar-refractivity contribution in [2.45, 2.75) is 6.54 Å². The highest BCUT2D eigenvalue weighted by molar-refractivity contribution is 5.95. The Kier molecular flexibility index (Phi) is 4.37. The molecule has 0 atom stereocenters. The summed E-state index contributed by atoms with van der Waals surface area (Å²) in [5.41, 5.74) is 2.05. The van der Waals surface area contributed by atoms with Crippen LogP contribution in [-0.2, 0) is 6.54 Å². The Balaban J connectivity index is 1.61. The van der Waals surface area contributed by atoms with Crippen LogP contribution in [0.2, 0.25) is 0 Å². The highest BCUT2D eigenvalue weighted by Crippen LogP contribution is 2.32. The van der Waals surface area contributed by atoms with E-state index in [1.54, 1.807) is 44.4 Å². The summed E-state index contributed by atoms with van der Waals surface area (Å²) in [6.45, 7) is 0.558. The van der Waals surface area contributed by atoms with Crippen LogP contribution in [0, 0.1) is 0 Å². The summed E-state index contributed by atoms with van der Waals surface area (Å²) in [6, 6.07) is 12.2. The third-order valence-corrected chi connectivity index (χ3v) is 3.69. The topological polar surface area (TPSA) is 67.9 Å². The van der Waals surface area contributed by atoms with E-state index in [0.29, 0.717) is 29.2 Å². The number of ether oxygens (including phenoxy) is 2. The number of hydrogen-bond donors (Lipinski definition) is 1. The maximum Gasteiger partial charge on any atom is 0.253 e. The van der Waals surface area contributed by atoms with Crippen LogP contribution in [0.5, 0.6) is 11.5 Å². The van der Waals surface area contributed by atoms with Gasteiger partial charge in [-0.1, -0.05) is 12.1 Å². The SMILES string of the molecule is CN(C)C(=O)c1ccc(CNC(=O)c2ccc3c(c2)OCO3)cc1. The van der Waals surface area contributed by atoms with E-state index in [-0.39, 0.29) is 18.6 Å². The molecule has 3 rings (SSSR count). The van der Waals surface area contributed by atoms with Crippen molar-refractivity contribution in [2.75, 3.05) is 20.9 Å². The summed E-state index contributed by atoms with van der Waals surface area (Å²) in [7, 11) is 3.42. The zero-order valence-electron chi connectivity index (χ0n) is 13.5. The lowest BCUT2D eigenvalue weighted by atomic mass is 10.1.